The van der Waals surface area contributed by atoms with Crippen molar-refractivity contribution in [2.75, 3.05) is 32.7 Å². The molecule has 0 atom stereocenters. The smallest absolute Gasteiger partial charge is 0.167 e. The first kappa shape index (κ1) is 15.7. The van der Waals surface area contributed by atoms with Gasteiger partial charge >= 0.3 is 0 Å². The van der Waals surface area contributed by atoms with Gasteiger partial charge in [0.25, 0.3) is 0 Å². The summed E-state index contributed by atoms with van der Waals surface area (Å²) in [5.41, 5.74) is 0. The zero-order valence-electron chi connectivity index (χ0n) is 12.9. The van der Waals surface area contributed by atoms with Crippen LogP contribution in [0.2, 0.25) is 0 Å². The molecule has 0 spiro atoms. The maximum Gasteiger partial charge on any atom is 0.167 e. The minimum absolute atomic E-state index is 0.0317. The molecule has 0 aliphatic carbocycles. The fraction of sp³-hybridized carbons (Fsp3) is 0.647. The van der Waals surface area contributed by atoms with Crippen LogP contribution >= 0.6 is 0 Å². The third-order valence-corrected chi connectivity index (χ3v) is 4.70. The molecule has 0 saturated carbocycles. The van der Waals surface area contributed by atoms with Gasteiger partial charge in [0, 0.05) is 25.7 Å². The van der Waals surface area contributed by atoms with Gasteiger partial charge in [-0.25, -0.2) is 8.78 Å². The SMILES string of the molecule is Fc1ccc(OC2CCN(CC3CCNCC3)CC2)c(F)c1. The van der Waals surface area contributed by atoms with Crippen LogP contribution in [0.4, 0.5) is 8.78 Å². The predicted octanol–water partition coefficient (Wildman–Crippen LogP) is 2.81. The van der Waals surface area contributed by atoms with Gasteiger partial charge in [0.05, 0.1) is 0 Å². The van der Waals surface area contributed by atoms with Crippen molar-refractivity contribution < 1.29 is 13.5 Å². The number of likely N-dealkylation sites (tertiary alicyclic amines) is 1. The molecule has 2 aliphatic rings. The quantitative estimate of drug-likeness (QED) is 0.925. The maximum atomic E-state index is 13.6. The summed E-state index contributed by atoms with van der Waals surface area (Å²) in [4.78, 5) is 2.50. The number of rotatable bonds is 4. The summed E-state index contributed by atoms with van der Waals surface area (Å²) in [7, 11) is 0. The van der Waals surface area contributed by atoms with Gasteiger partial charge in [0.1, 0.15) is 11.9 Å². The van der Waals surface area contributed by atoms with Crippen molar-refractivity contribution in [1.29, 1.82) is 0 Å². The number of nitrogens with one attached hydrogen (secondary N) is 1. The average molecular weight is 310 g/mol. The number of ether oxygens (including phenoxy) is 1. The van der Waals surface area contributed by atoms with E-state index in [0.717, 1.165) is 51.0 Å². The second-order valence-corrected chi connectivity index (χ2v) is 6.39. The van der Waals surface area contributed by atoms with Crippen LogP contribution in [0.5, 0.6) is 5.75 Å². The Balaban J connectivity index is 1.45. The van der Waals surface area contributed by atoms with Crippen molar-refractivity contribution in [3.05, 3.63) is 29.8 Å². The standard InChI is InChI=1S/C17H24F2N2O/c18-14-1-2-17(16(19)11-14)22-15-5-9-21(10-6-15)12-13-3-7-20-8-4-13/h1-2,11,13,15,20H,3-10,12H2. The molecule has 0 radical (unpaired) electrons. The van der Waals surface area contributed by atoms with Crippen LogP contribution in [0.25, 0.3) is 0 Å². The Morgan fingerprint density at radius 3 is 2.50 bits per heavy atom. The molecular weight excluding hydrogens is 286 g/mol. The number of hydrogen-bond donors (Lipinski definition) is 1. The van der Waals surface area contributed by atoms with E-state index in [2.05, 4.69) is 10.2 Å². The summed E-state index contributed by atoms with van der Waals surface area (Å²) < 4.78 is 32.2. The lowest BCUT2D eigenvalue weighted by Crippen LogP contribution is -2.42. The fourth-order valence-electron chi connectivity index (χ4n) is 3.39. The van der Waals surface area contributed by atoms with Gasteiger partial charge < -0.3 is 15.0 Å². The predicted molar refractivity (Wildman–Crippen MR) is 82.0 cm³/mol. The van der Waals surface area contributed by atoms with E-state index in [-0.39, 0.29) is 11.9 Å². The molecule has 2 fully saturated rings. The number of halogens is 2. The molecule has 1 N–H and O–H groups in total. The Morgan fingerprint density at radius 1 is 1.09 bits per heavy atom. The first-order valence-electron chi connectivity index (χ1n) is 8.25. The van der Waals surface area contributed by atoms with Crippen molar-refractivity contribution >= 4 is 0 Å². The topological polar surface area (TPSA) is 24.5 Å². The van der Waals surface area contributed by atoms with Gasteiger partial charge in [0.2, 0.25) is 0 Å². The minimum Gasteiger partial charge on any atom is -0.487 e. The molecule has 2 saturated heterocycles. The van der Waals surface area contributed by atoms with E-state index in [1.807, 2.05) is 0 Å². The summed E-state index contributed by atoms with van der Waals surface area (Å²) in [5, 5.41) is 3.39. The third-order valence-electron chi connectivity index (χ3n) is 4.70. The molecule has 22 heavy (non-hydrogen) atoms. The van der Waals surface area contributed by atoms with E-state index in [4.69, 9.17) is 4.74 Å². The molecule has 2 heterocycles. The van der Waals surface area contributed by atoms with Crippen LogP contribution in [-0.4, -0.2) is 43.7 Å². The number of piperidine rings is 2. The Kier molecular flexibility index (Phi) is 5.26. The van der Waals surface area contributed by atoms with Crippen molar-refractivity contribution in [3.8, 4) is 5.75 Å². The zero-order valence-corrected chi connectivity index (χ0v) is 12.9. The summed E-state index contributed by atoms with van der Waals surface area (Å²) in [6, 6.07) is 3.50. The van der Waals surface area contributed by atoms with E-state index < -0.39 is 11.6 Å². The zero-order chi connectivity index (χ0) is 15.4. The van der Waals surface area contributed by atoms with Gasteiger partial charge in [-0.05, 0) is 56.8 Å². The molecule has 0 unspecified atom stereocenters. The van der Waals surface area contributed by atoms with Gasteiger partial charge in [-0.2, -0.15) is 0 Å². The average Bonchev–Trinajstić information content (AvgIpc) is 2.53. The number of nitrogens with zero attached hydrogens (tertiary/aromatic N) is 1. The highest BCUT2D eigenvalue weighted by molar-refractivity contribution is 5.25. The minimum atomic E-state index is -0.614. The Bertz CT molecular complexity index is 484. The monoisotopic (exact) mass is 310 g/mol. The molecule has 3 nitrogen and oxygen atoms in total. The largest absolute Gasteiger partial charge is 0.487 e. The highest BCUT2D eigenvalue weighted by Gasteiger charge is 2.24. The fourth-order valence-corrected chi connectivity index (χ4v) is 3.39. The summed E-state index contributed by atoms with van der Waals surface area (Å²) in [5.74, 6) is -0.217. The molecule has 1 aromatic rings. The van der Waals surface area contributed by atoms with Gasteiger partial charge in [-0.15, -0.1) is 0 Å². The molecular formula is C17H24F2N2O. The van der Waals surface area contributed by atoms with Gasteiger partial charge in [-0.1, -0.05) is 0 Å². The number of hydrogen-bond acceptors (Lipinski definition) is 3. The van der Waals surface area contributed by atoms with Crippen molar-refractivity contribution in [2.24, 2.45) is 5.92 Å². The van der Waals surface area contributed by atoms with Crippen molar-refractivity contribution in [3.63, 3.8) is 0 Å². The van der Waals surface area contributed by atoms with Crippen LogP contribution < -0.4 is 10.1 Å². The summed E-state index contributed by atoms with van der Waals surface area (Å²) in [6.45, 7) is 5.43. The molecule has 0 bridgehead atoms. The third kappa shape index (κ3) is 4.17. The Labute approximate surface area is 130 Å². The Hall–Kier alpha value is -1.20. The molecule has 0 aromatic heterocycles. The molecule has 5 heteroatoms. The summed E-state index contributed by atoms with van der Waals surface area (Å²) >= 11 is 0. The first-order valence-corrected chi connectivity index (χ1v) is 8.25. The van der Waals surface area contributed by atoms with Gasteiger partial charge in [-0.3, -0.25) is 0 Å². The summed E-state index contributed by atoms with van der Waals surface area (Å²) in [6.07, 6.45) is 4.36. The highest BCUT2D eigenvalue weighted by Crippen LogP contribution is 2.24. The molecule has 2 aliphatic heterocycles. The van der Waals surface area contributed by atoms with E-state index in [1.54, 1.807) is 0 Å². The molecule has 1 aromatic carbocycles. The van der Waals surface area contributed by atoms with Crippen LogP contribution in [0.1, 0.15) is 25.7 Å². The van der Waals surface area contributed by atoms with Gasteiger partial charge in [0.15, 0.2) is 11.6 Å². The van der Waals surface area contributed by atoms with E-state index >= 15 is 0 Å². The molecule has 0 amide bonds. The second kappa shape index (κ2) is 7.38. The highest BCUT2D eigenvalue weighted by atomic mass is 19.1. The van der Waals surface area contributed by atoms with E-state index in [9.17, 15) is 8.78 Å². The van der Waals surface area contributed by atoms with Crippen LogP contribution in [0, 0.1) is 17.6 Å². The Morgan fingerprint density at radius 2 is 1.82 bits per heavy atom. The normalized spacial score (nSPS) is 21.9. The van der Waals surface area contributed by atoms with Crippen LogP contribution in [-0.2, 0) is 0 Å². The van der Waals surface area contributed by atoms with Crippen LogP contribution in [0.3, 0.4) is 0 Å². The number of benzene rings is 1. The lowest BCUT2D eigenvalue weighted by molar-refractivity contribution is 0.0844. The lowest BCUT2D eigenvalue weighted by Gasteiger charge is -2.35. The first-order chi connectivity index (χ1) is 10.7. The van der Waals surface area contributed by atoms with E-state index in [1.165, 1.54) is 31.5 Å². The van der Waals surface area contributed by atoms with Crippen LogP contribution in [0.15, 0.2) is 18.2 Å². The van der Waals surface area contributed by atoms with E-state index in [0.29, 0.717) is 0 Å². The second-order valence-electron chi connectivity index (χ2n) is 6.39. The van der Waals surface area contributed by atoms with Crippen molar-refractivity contribution in [1.82, 2.24) is 10.2 Å². The molecule has 122 valence electrons. The molecule has 3 rings (SSSR count). The maximum absolute atomic E-state index is 13.6. The van der Waals surface area contributed by atoms with Crippen molar-refractivity contribution in [2.45, 2.75) is 31.8 Å². The lowest BCUT2D eigenvalue weighted by atomic mass is 9.96.